The first-order valence-corrected chi connectivity index (χ1v) is 7.01. The molecule has 1 aliphatic heterocycles. The highest BCUT2D eigenvalue weighted by molar-refractivity contribution is 6.07. The zero-order valence-electron chi connectivity index (χ0n) is 12.7. The minimum absolute atomic E-state index is 0.216. The Bertz CT molecular complexity index is 600. The fourth-order valence-corrected chi connectivity index (χ4v) is 2.16. The van der Waals surface area contributed by atoms with Crippen molar-refractivity contribution < 1.29 is 22.7 Å². The Hall–Kier alpha value is -1.85. The topological polar surface area (TPSA) is 38.7 Å². The van der Waals surface area contributed by atoms with Gasteiger partial charge in [-0.1, -0.05) is 24.3 Å². The Morgan fingerprint density at radius 2 is 1.86 bits per heavy atom. The molecule has 1 aliphatic rings. The molecule has 3 nitrogen and oxygen atoms in total. The molecule has 0 bridgehead atoms. The summed E-state index contributed by atoms with van der Waals surface area (Å²) in [5, 5.41) is 0. The lowest BCUT2D eigenvalue weighted by atomic mass is 9.93. The summed E-state index contributed by atoms with van der Waals surface area (Å²) in [4.78, 5) is 15.9. The average molecular weight is 313 g/mol. The van der Waals surface area contributed by atoms with E-state index in [-0.39, 0.29) is 12.3 Å². The molecular formula is C16H18F3NO2. The van der Waals surface area contributed by atoms with Crippen molar-refractivity contribution in [2.45, 2.75) is 39.5 Å². The summed E-state index contributed by atoms with van der Waals surface area (Å²) < 4.78 is 44.9. The van der Waals surface area contributed by atoms with Crippen LogP contribution in [0.1, 0.15) is 31.9 Å². The Morgan fingerprint density at radius 1 is 1.23 bits per heavy atom. The van der Waals surface area contributed by atoms with Crippen molar-refractivity contribution in [1.82, 2.24) is 0 Å². The van der Waals surface area contributed by atoms with E-state index in [1.54, 1.807) is 24.3 Å². The second-order valence-electron chi connectivity index (χ2n) is 6.25. The van der Waals surface area contributed by atoms with Gasteiger partial charge in [-0.25, -0.2) is 0 Å². The van der Waals surface area contributed by atoms with Crippen LogP contribution in [0, 0.1) is 5.41 Å². The first-order valence-electron chi connectivity index (χ1n) is 7.01. The molecule has 0 aromatic heterocycles. The van der Waals surface area contributed by atoms with Gasteiger partial charge in [-0.3, -0.25) is 9.79 Å². The number of alkyl halides is 3. The Labute approximate surface area is 127 Å². The third-order valence-electron chi connectivity index (χ3n) is 3.34. The number of benzene rings is 1. The highest BCUT2D eigenvalue weighted by Gasteiger charge is 2.48. The number of hydrogen-bond acceptors (Lipinski definition) is 3. The maximum Gasteiger partial charge on any atom is 0.431 e. The van der Waals surface area contributed by atoms with Crippen molar-refractivity contribution in [3.63, 3.8) is 0 Å². The standard InChI is InChI=1S/C16H18F3NO2/c1-15(2,3)14(21)22-13(16(17,18)19)12-11-7-5-4-6-10(11)8-9-20-12/h4-7,13H,8-9H2,1-3H3. The van der Waals surface area contributed by atoms with E-state index in [2.05, 4.69) is 4.99 Å². The molecule has 1 aromatic carbocycles. The molecule has 0 saturated heterocycles. The predicted octanol–water partition coefficient (Wildman–Crippen LogP) is 3.55. The van der Waals surface area contributed by atoms with Crippen LogP contribution in [-0.2, 0) is 16.0 Å². The molecule has 0 aliphatic carbocycles. The summed E-state index contributed by atoms with van der Waals surface area (Å²) >= 11 is 0. The third-order valence-corrected chi connectivity index (χ3v) is 3.34. The first kappa shape index (κ1) is 16.5. The van der Waals surface area contributed by atoms with Crippen LogP contribution in [0.25, 0.3) is 0 Å². The number of carbonyl (C=O) groups is 1. The number of rotatable bonds is 2. The van der Waals surface area contributed by atoms with E-state index in [1.165, 1.54) is 20.8 Å². The molecule has 0 spiro atoms. The zero-order valence-corrected chi connectivity index (χ0v) is 12.7. The van der Waals surface area contributed by atoms with Crippen molar-refractivity contribution >= 4 is 11.7 Å². The van der Waals surface area contributed by atoms with Crippen molar-refractivity contribution in [2.75, 3.05) is 6.54 Å². The lowest BCUT2D eigenvalue weighted by molar-refractivity contribution is -0.207. The normalized spacial score (nSPS) is 16.5. The third kappa shape index (κ3) is 3.48. The van der Waals surface area contributed by atoms with Gasteiger partial charge in [0, 0.05) is 12.1 Å². The Morgan fingerprint density at radius 3 is 2.45 bits per heavy atom. The number of esters is 1. The van der Waals surface area contributed by atoms with Crippen LogP contribution in [0.4, 0.5) is 13.2 Å². The molecule has 1 heterocycles. The minimum Gasteiger partial charge on any atom is -0.446 e. The average Bonchev–Trinajstić information content (AvgIpc) is 2.41. The molecule has 1 unspecified atom stereocenters. The Balaban J connectivity index is 2.39. The van der Waals surface area contributed by atoms with Crippen molar-refractivity contribution in [3.05, 3.63) is 35.4 Å². The molecule has 0 radical (unpaired) electrons. The number of fused-ring (bicyclic) bond motifs is 1. The van der Waals surface area contributed by atoms with Gasteiger partial charge in [0.25, 0.3) is 0 Å². The van der Waals surface area contributed by atoms with E-state index in [0.717, 1.165) is 5.56 Å². The molecule has 2 rings (SSSR count). The van der Waals surface area contributed by atoms with E-state index in [4.69, 9.17) is 4.74 Å². The van der Waals surface area contributed by atoms with Gasteiger partial charge in [0.1, 0.15) is 0 Å². The van der Waals surface area contributed by atoms with Gasteiger partial charge in [0.05, 0.1) is 11.1 Å². The molecule has 1 atom stereocenters. The van der Waals surface area contributed by atoms with Crippen LogP contribution in [0.5, 0.6) is 0 Å². The van der Waals surface area contributed by atoms with Crippen LogP contribution in [0.15, 0.2) is 29.3 Å². The van der Waals surface area contributed by atoms with E-state index >= 15 is 0 Å². The van der Waals surface area contributed by atoms with Crippen LogP contribution >= 0.6 is 0 Å². The van der Waals surface area contributed by atoms with Gasteiger partial charge >= 0.3 is 12.1 Å². The fourth-order valence-electron chi connectivity index (χ4n) is 2.16. The molecular weight excluding hydrogens is 295 g/mol. The summed E-state index contributed by atoms with van der Waals surface area (Å²) in [5.74, 6) is -0.902. The number of nitrogens with zero attached hydrogens (tertiary/aromatic N) is 1. The van der Waals surface area contributed by atoms with Gasteiger partial charge in [-0.05, 0) is 32.8 Å². The molecule has 0 saturated carbocycles. The Kier molecular flexibility index (Phi) is 4.31. The molecule has 0 N–H and O–H groups in total. The highest BCUT2D eigenvalue weighted by atomic mass is 19.4. The van der Waals surface area contributed by atoms with Crippen LogP contribution in [0.3, 0.4) is 0 Å². The van der Waals surface area contributed by atoms with Crippen molar-refractivity contribution in [1.29, 1.82) is 0 Å². The van der Waals surface area contributed by atoms with E-state index in [0.29, 0.717) is 12.0 Å². The zero-order chi connectivity index (χ0) is 16.5. The first-order chi connectivity index (χ1) is 10.1. The predicted molar refractivity (Wildman–Crippen MR) is 76.9 cm³/mol. The van der Waals surface area contributed by atoms with E-state index in [1.807, 2.05) is 0 Å². The van der Waals surface area contributed by atoms with Crippen molar-refractivity contribution in [2.24, 2.45) is 10.4 Å². The van der Waals surface area contributed by atoms with Gasteiger partial charge in [-0.2, -0.15) is 13.2 Å². The lowest BCUT2D eigenvalue weighted by Gasteiger charge is -2.28. The second-order valence-corrected chi connectivity index (χ2v) is 6.25. The number of carbonyl (C=O) groups excluding carboxylic acids is 1. The molecule has 22 heavy (non-hydrogen) atoms. The maximum absolute atomic E-state index is 13.4. The van der Waals surface area contributed by atoms with Gasteiger partial charge in [0.15, 0.2) is 0 Å². The minimum atomic E-state index is -4.70. The highest BCUT2D eigenvalue weighted by Crippen LogP contribution is 2.31. The molecule has 1 aromatic rings. The van der Waals surface area contributed by atoms with Crippen LogP contribution in [-0.4, -0.2) is 30.5 Å². The van der Waals surface area contributed by atoms with E-state index in [9.17, 15) is 18.0 Å². The summed E-state index contributed by atoms with van der Waals surface area (Å²) in [6.45, 7) is 4.80. The smallest absolute Gasteiger partial charge is 0.431 e. The fraction of sp³-hybridized carbons (Fsp3) is 0.500. The van der Waals surface area contributed by atoms with Crippen LogP contribution in [0.2, 0.25) is 0 Å². The molecule has 6 heteroatoms. The largest absolute Gasteiger partial charge is 0.446 e. The molecule has 0 amide bonds. The van der Waals surface area contributed by atoms with Crippen LogP contribution < -0.4 is 0 Å². The van der Waals surface area contributed by atoms with Gasteiger partial charge < -0.3 is 4.74 Å². The number of halogens is 3. The number of hydrogen-bond donors (Lipinski definition) is 0. The number of aliphatic imine (C=N–C) groups is 1. The number of ether oxygens (including phenoxy) is 1. The molecule has 0 fully saturated rings. The SMILES string of the molecule is CC(C)(C)C(=O)OC(C1=NCCc2ccccc21)C(F)(F)F. The van der Waals surface area contributed by atoms with Gasteiger partial charge in [0.2, 0.25) is 6.10 Å². The summed E-state index contributed by atoms with van der Waals surface area (Å²) in [7, 11) is 0. The summed E-state index contributed by atoms with van der Waals surface area (Å²) in [6, 6.07) is 6.77. The lowest BCUT2D eigenvalue weighted by Crippen LogP contribution is -2.44. The van der Waals surface area contributed by atoms with Crippen molar-refractivity contribution in [3.8, 4) is 0 Å². The second kappa shape index (κ2) is 5.74. The summed E-state index contributed by atoms with van der Waals surface area (Å²) in [6.07, 6.45) is -6.46. The quantitative estimate of drug-likeness (QED) is 0.783. The maximum atomic E-state index is 13.4. The molecule has 120 valence electrons. The summed E-state index contributed by atoms with van der Waals surface area (Å²) in [5.41, 5.74) is -0.0450. The van der Waals surface area contributed by atoms with E-state index < -0.39 is 23.7 Å². The monoisotopic (exact) mass is 313 g/mol. The van der Waals surface area contributed by atoms with Gasteiger partial charge in [-0.15, -0.1) is 0 Å².